The lowest BCUT2D eigenvalue weighted by atomic mass is 10.1. The fourth-order valence-corrected chi connectivity index (χ4v) is 2.02. The Labute approximate surface area is 127 Å². The Kier molecular flexibility index (Phi) is 3.91. The maximum atomic E-state index is 12.1. The van der Waals surface area contributed by atoms with E-state index < -0.39 is 0 Å². The van der Waals surface area contributed by atoms with Gasteiger partial charge in [0, 0.05) is 18.5 Å². The summed E-state index contributed by atoms with van der Waals surface area (Å²) in [6.07, 6.45) is 5.15. The Balaban J connectivity index is 1.69. The topological polar surface area (TPSA) is 72.7 Å². The summed E-state index contributed by atoms with van der Waals surface area (Å²) in [7, 11) is 0. The van der Waals surface area contributed by atoms with Crippen molar-refractivity contribution < 1.29 is 4.79 Å². The zero-order chi connectivity index (χ0) is 15.4. The number of nitrogens with one attached hydrogen (secondary N) is 1. The van der Waals surface area contributed by atoms with E-state index in [4.69, 9.17) is 0 Å². The maximum absolute atomic E-state index is 12.1. The normalized spacial score (nSPS) is 10.4. The average molecular weight is 293 g/mol. The van der Waals surface area contributed by atoms with Gasteiger partial charge < -0.3 is 5.32 Å². The molecular weight excluding hydrogens is 278 g/mol. The second-order valence-corrected chi connectivity index (χ2v) is 4.92. The highest BCUT2D eigenvalue weighted by atomic mass is 16.1. The van der Waals surface area contributed by atoms with Crippen LogP contribution >= 0.6 is 0 Å². The van der Waals surface area contributed by atoms with E-state index in [9.17, 15) is 4.79 Å². The van der Waals surface area contributed by atoms with Crippen molar-refractivity contribution in [2.45, 2.75) is 13.3 Å². The lowest BCUT2D eigenvalue weighted by Gasteiger charge is -2.06. The third-order valence-electron chi connectivity index (χ3n) is 3.14. The Morgan fingerprint density at radius 3 is 2.77 bits per heavy atom. The van der Waals surface area contributed by atoms with Gasteiger partial charge in [0.1, 0.15) is 12.1 Å². The lowest BCUT2D eigenvalue weighted by molar-refractivity contribution is -0.115. The Bertz CT molecular complexity index is 765. The SMILES string of the molecule is Cc1ccc(CC(=O)Nc2cc(-n3cccn3)ncn2)cc1. The van der Waals surface area contributed by atoms with Crippen LogP contribution in [0.5, 0.6) is 0 Å². The van der Waals surface area contributed by atoms with Gasteiger partial charge in [-0.1, -0.05) is 29.8 Å². The van der Waals surface area contributed by atoms with Crippen LogP contribution in [-0.4, -0.2) is 25.7 Å². The van der Waals surface area contributed by atoms with Crippen molar-refractivity contribution in [3.63, 3.8) is 0 Å². The van der Waals surface area contributed by atoms with Gasteiger partial charge in [0.05, 0.1) is 6.42 Å². The number of hydrogen-bond donors (Lipinski definition) is 1. The van der Waals surface area contributed by atoms with Gasteiger partial charge in [-0.2, -0.15) is 5.10 Å². The molecule has 0 saturated heterocycles. The molecule has 110 valence electrons. The molecule has 3 aromatic rings. The number of aryl methyl sites for hydroxylation is 1. The van der Waals surface area contributed by atoms with E-state index in [1.54, 1.807) is 29.2 Å². The van der Waals surface area contributed by atoms with E-state index in [0.717, 1.165) is 5.56 Å². The number of rotatable bonds is 4. The van der Waals surface area contributed by atoms with E-state index >= 15 is 0 Å². The molecule has 0 aliphatic heterocycles. The van der Waals surface area contributed by atoms with Crippen LogP contribution in [0.15, 0.2) is 55.1 Å². The summed E-state index contributed by atoms with van der Waals surface area (Å²) in [4.78, 5) is 20.3. The molecule has 22 heavy (non-hydrogen) atoms. The molecular formula is C16H15N5O. The van der Waals surface area contributed by atoms with E-state index in [2.05, 4.69) is 20.4 Å². The van der Waals surface area contributed by atoms with Gasteiger partial charge in [-0.25, -0.2) is 14.6 Å². The third-order valence-corrected chi connectivity index (χ3v) is 3.14. The number of carbonyl (C=O) groups is 1. The molecule has 2 heterocycles. The predicted molar refractivity (Wildman–Crippen MR) is 82.7 cm³/mol. The van der Waals surface area contributed by atoms with Crippen LogP contribution < -0.4 is 5.32 Å². The summed E-state index contributed by atoms with van der Waals surface area (Å²) in [5, 5.41) is 6.87. The highest BCUT2D eigenvalue weighted by molar-refractivity contribution is 5.91. The zero-order valence-electron chi connectivity index (χ0n) is 12.1. The monoisotopic (exact) mass is 293 g/mol. The van der Waals surface area contributed by atoms with Crippen molar-refractivity contribution in [1.29, 1.82) is 0 Å². The van der Waals surface area contributed by atoms with Crippen molar-refractivity contribution in [2.24, 2.45) is 0 Å². The first-order valence-corrected chi connectivity index (χ1v) is 6.88. The zero-order valence-corrected chi connectivity index (χ0v) is 12.1. The molecule has 0 saturated carbocycles. The van der Waals surface area contributed by atoms with E-state index in [1.807, 2.05) is 31.2 Å². The molecule has 6 heteroatoms. The Morgan fingerprint density at radius 1 is 1.23 bits per heavy atom. The molecule has 1 aromatic carbocycles. The summed E-state index contributed by atoms with van der Waals surface area (Å²) in [5.74, 6) is 0.942. The molecule has 1 amide bonds. The lowest BCUT2D eigenvalue weighted by Crippen LogP contribution is -2.16. The smallest absolute Gasteiger partial charge is 0.229 e. The molecule has 0 radical (unpaired) electrons. The first-order chi connectivity index (χ1) is 10.7. The fraction of sp³-hybridized carbons (Fsp3) is 0.125. The van der Waals surface area contributed by atoms with E-state index in [1.165, 1.54) is 11.9 Å². The Hall–Kier alpha value is -3.02. The van der Waals surface area contributed by atoms with E-state index in [0.29, 0.717) is 18.1 Å². The summed E-state index contributed by atoms with van der Waals surface area (Å²) in [6, 6.07) is 11.4. The minimum absolute atomic E-state index is 0.117. The minimum atomic E-state index is -0.117. The predicted octanol–water partition coefficient (Wildman–Crippen LogP) is 2.15. The van der Waals surface area contributed by atoms with Crippen molar-refractivity contribution in [1.82, 2.24) is 19.7 Å². The van der Waals surface area contributed by atoms with Gasteiger partial charge in [-0.15, -0.1) is 0 Å². The summed E-state index contributed by atoms with van der Waals surface area (Å²) in [6.45, 7) is 2.02. The molecule has 0 aliphatic rings. The minimum Gasteiger partial charge on any atom is -0.310 e. The molecule has 2 aromatic heterocycles. The first kappa shape index (κ1) is 13.9. The van der Waals surface area contributed by atoms with Crippen LogP contribution in [0.4, 0.5) is 5.82 Å². The molecule has 6 nitrogen and oxygen atoms in total. The fourth-order valence-electron chi connectivity index (χ4n) is 2.02. The standard InChI is InChI=1S/C16H15N5O/c1-12-3-5-13(6-4-12)9-16(22)20-14-10-15(18-11-17-14)21-8-2-7-19-21/h2-8,10-11H,9H2,1H3,(H,17,18,20,22). The number of anilines is 1. The molecule has 0 bridgehead atoms. The highest BCUT2D eigenvalue weighted by Gasteiger charge is 2.07. The van der Waals surface area contributed by atoms with E-state index in [-0.39, 0.29) is 5.91 Å². The van der Waals surface area contributed by atoms with Crippen LogP contribution in [0.2, 0.25) is 0 Å². The number of hydrogen-bond acceptors (Lipinski definition) is 4. The second-order valence-electron chi connectivity index (χ2n) is 4.92. The molecule has 0 atom stereocenters. The van der Waals surface area contributed by atoms with Gasteiger partial charge >= 0.3 is 0 Å². The third kappa shape index (κ3) is 3.35. The molecule has 0 unspecified atom stereocenters. The van der Waals surface area contributed by atoms with Crippen molar-refractivity contribution in [2.75, 3.05) is 5.32 Å². The van der Waals surface area contributed by atoms with Crippen LogP contribution in [0.25, 0.3) is 5.82 Å². The highest BCUT2D eigenvalue weighted by Crippen LogP contribution is 2.09. The van der Waals surface area contributed by atoms with Crippen molar-refractivity contribution >= 4 is 11.7 Å². The maximum Gasteiger partial charge on any atom is 0.229 e. The molecule has 0 fully saturated rings. The molecule has 0 aliphatic carbocycles. The van der Waals surface area contributed by atoms with Gasteiger partial charge in [0.25, 0.3) is 0 Å². The van der Waals surface area contributed by atoms with Crippen molar-refractivity contribution in [3.8, 4) is 5.82 Å². The van der Waals surface area contributed by atoms with Gasteiger partial charge in [0.15, 0.2) is 5.82 Å². The van der Waals surface area contributed by atoms with Crippen LogP contribution in [0.1, 0.15) is 11.1 Å². The molecule has 3 rings (SSSR count). The number of amides is 1. The van der Waals surface area contributed by atoms with Crippen LogP contribution in [0.3, 0.4) is 0 Å². The number of aromatic nitrogens is 4. The molecule has 1 N–H and O–H groups in total. The second kappa shape index (κ2) is 6.17. The quantitative estimate of drug-likeness (QED) is 0.800. The van der Waals surface area contributed by atoms with Gasteiger partial charge in [0.2, 0.25) is 5.91 Å². The summed E-state index contributed by atoms with van der Waals surface area (Å²) >= 11 is 0. The number of nitrogens with zero attached hydrogens (tertiary/aromatic N) is 4. The van der Waals surface area contributed by atoms with Gasteiger partial charge in [-0.05, 0) is 18.6 Å². The Morgan fingerprint density at radius 2 is 2.05 bits per heavy atom. The molecule has 0 spiro atoms. The van der Waals surface area contributed by atoms with Crippen molar-refractivity contribution in [3.05, 3.63) is 66.2 Å². The van der Waals surface area contributed by atoms with Gasteiger partial charge in [-0.3, -0.25) is 4.79 Å². The van der Waals surface area contributed by atoms with Crippen LogP contribution in [0, 0.1) is 6.92 Å². The number of carbonyl (C=O) groups excluding carboxylic acids is 1. The largest absolute Gasteiger partial charge is 0.310 e. The average Bonchev–Trinajstić information content (AvgIpc) is 3.04. The summed E-state index contributed by atoms with van der Waals surface area (Å²) in [5.41, 5.74) is 2.13. The summed E-state index contributed by atoms with van der Waals surface area (Å²) < 4.78 is 1.61. The number of benzene rings is 1. The van der Waals surface area contributed by atoms with Crippen LogP contribution in [-0.2, 0) is 11.2 Å². The first-order valence-electron chi connectivity index (χ1n) is 6.88.